The van der Waals surface area contributed by atoms with Crippen LogP contribution < -0.4 is 4.90 Å². The Labute approximate surface area is 255 Å². The van der Waals surface area contributed by atoms with Crippen LogP contribution in [0.1, 0.15) is 53.0 Å². The molecule has 0 bridgehead atoms. The lowest BCUT2D eigenvalue weighted by atomic mass is 9.60. The molecule has 6 rings (SSSR count). The van der Waals surface area contributed by atoms with Crippen molar-refractivity contribution in [2.75, 3.05) is 25.3 Å². The predicted octanol–water partition coefficient (Wildman–Crippen LogP) is 6.50. The molecule has 4 aromatic carbocycles. The summed E-state index contributed by atoms with van der Waals surface area (Å²) in [7, 11) is 1.65. The number of carbonyl (C=O) groups excluding carboxylic acids is 2. The van der Waals surface area contributed by atoms with Crippen molar-refractivity contribution in [3.8, 4) is 11.1 Å². The quantitative estimate of drug-likeness (QED) is 0.252. The minimum atomic E-state index is -0.970. The van der Waals surface area contributed by atoms with E-state index in [1.165, 1.54) is 24.3 Å². The molecule has 226 valence electrons. The van der Waals surface area contributed by atoms with E-state index in [-0.39, 0.29) is 28.1 Å². The van der Waals surface area contributed by atoms with E-state index >= 15 is 0 Å². The molecule has 2 aliphatic rings. The summed E-state index contributed by atoms with van der Waals surface area (Å²) in [6, 6.07) is 25.2. The van der Waals surface area contributed by atoms with Gasteiger partial charge in [0.15, 0.2) is 0 Å². The van der Waals surface area contributed by atoms with Crippen LogP contribution in [-0.2, 0) is 20.7 Å². The number of carboxylic acid groups (broad SMARTS) is 2. The molecule has 0 aromatic heterocycles. The van der Waals surface area contributed by atoms with Crippen LogP contribution in [0.15, 0.2) is 84.9 Å². The van der Waals surface area contributed by atoms with Crippen molar-refractivity contribution in [3.05, 3.63) is 102 Å². The topological polar surface area (TPSA) is 121 Å². The number of carboxylic acids is 2. The van der Waals surface area contributed by atoms with Crippen molar-refractivity contribution >= 4 is 40.0 Å². The molecule has 0 unspecified atom stereocenters. The van der Waals surface area contributed by atoms with Crippen molar-refractivity contribution in [1.82, 2.24) is 0 Å². The summed E-state index contributed by atoms with van der Waals surface area (Å²) >= 11 is 0. The number of Topliss-reactive ketones (excluding diaryl/α,β-unsaturated/α-hetero) is 2. The second-order valence-electron chi connectivity index (χ2n) is 12.3. The summed E-state index contributed by atoms with van der Waals surface area (Å²) < 4.78 is 5.40. The Balaban J connectivity index is 0.000000187. The van der Waals surface area contributed by atoms with Gasteiger partial charge in [-0.15, -0.1) is 0 Å². The molecule has 1 heterocycles. The number of carbonyl (C=O) groups is 4. The van der Waals surface area contributed by atoms with Crippen LogP contribution in [0.3, 0.4) is 0 Å². The minimum Gasteiger partial charge on any atom is -0.478 e. The molecule has 1 aliphatic carbocycles. The molecule has 1 saturated carbocycles. The number of hydrogen-bond acceptors (Lipinski definition) is 6. The number of benzene rings is 4. The fraction of sp³-hybridized carbons (Fsp3) is 0.278. The van der Waals surface area contributed by atoms with E-state index in [2.05, 4.69) is 29.2 Å². The molecule has 1 aliphatic heterocycles. The van der Waals surface area contributed by atoms with Crippen LogP contribution >= 0.6 is 0 Å². The van der Waals surface area contributed by atoms with Crippen molar-refractivity contribution in [3.63, 3.8) is 0 Å². The van der Waals surface area contributed by atoms with E-state index in [1.54, 1.807) is 31.4 Å². The number of aromatic carboxylic acids is 2. The number of nitrogens with zero attached hydrogens (tertiary/aromatic N) is 1. The molecule has 8 nitrogen and oxygen atoms in total. The van der Waals surface area contributed by atoms with E-state index in [0.717, 1.165) is 33.2 Å². The summed E-state index contributed by atoms with van der Waals surface area (Å²) in [4.78, 5) is 49.9. The molecule has 1 spiro atoms. The van der Waals surface area contributed by atoms with Crippen LogP contribution in [0.5, 0.6) is 0 Å². The molecule has 44 heavy (non-hydrogen) atoms. The third kappa shape index (κ3) is 5.98. The molecule has 2 N–H and O–H groups in total. The third-order valence-electron chi connectivity index (χ3n) is 8.52. The van der Waals surface area contributed by atoms with Gasteiger partial charge in [-0.05, 0) is 69.6 Å². The average molecular weight is 594 g/mol. The maximum absolute atomic E-state index is 13.2. The zero-order valence-corrected chi connectivity index (χ0v) is 25.0. The summed E-state index contributed by atoms with van der Waals surface area (Å²) in [6.07, 6.45) is 1.41. The zero-order chi connectivity index (χ0) is 31.6. The van der Waals surface area contributed by atoms with Gasteiger partial charge in [0.2, 0.25) is 0 Å². The maximum Gasteiger partial charge on any atom is 0.335 e. The van der Waals surface area contributed by atoms with Gasteiger partial charge in [0.05, 0.1) is 11.1 Å². The standard InChI is InChI=1S/C22H25NO3.C14H10O4/c1-21(2)11-19(24)22(20(25)12-21)10-17-16-7-5-4-6-15(16)8-9-18(17)23(13-22)14-26-3;15-13(16)11-5-1-9(2-6-11)10-3-7-12(8-4-10)14(17)18/h4-9H,10-14H2,1-3H3;1-8H,(H,15,16)(H,17,18). The van der Waals surface area contributed by atoms with Crippen molar-refractivity contribution in [1.29, 1.82) is 0 Å². The maximum atomic E-state index is 13.2. The van der Waals surface area contributed by atoms with E-state index in [9.17, 15) is 19.2 Å². The first-order chi connectivity index (χ1) is 20.9. The number of rotatable bonds is 5. The Kier molecular flexibility index (Phi) is 8.39. The highest BCUT2D eigenvalue weighted by Crippen LogP contribution is 2.48. The SMILES string of the molecule is COCN1CC2(Cc3c1ccc1ccccc31)C(=O)CC(C)(C)CC2=O.O=C(O)c1ccc(-c2ccc(C(=O)O)cc2)cc1. The second kappa shape index (κ2) is 12.1. The van der Waals surface area contributed by atoms with Gasteiger partial charge >= 0.3 is 11.9 Å². The van der Waals surface area contributed by atoms with Crippen LogP contribution in [0.25, 0.3) is 21.9 Å². The molecule has 0 amide bonds. The lowest BCUT2D eigenvalue weighted by Gasteiger charge is -2.47. The summed E-state index contributed by atoms with van der Waals surface area (Å²) in [6.45, 7) is 4.81. The fourth-order valence-corrected chi connectivity index (χ4v) is 6.26. The van der Waals surface area contributed by atoms with Crippen LogP contribution in [0, 0.1) is 10.8 Å². The van der Waals surface area contributed by atoms with E-state index < -0.39 is 17.4 Å². The monoisotopic (exact) mass is 593 g/mol. The normalized spacial score (nSPS) is 16.7. The highest BCUT2D eigenvalue weighted by molar-refractivity contribution is 6.11. The average Bonchev–Trinajstić information content (AvgIpc) is 3.00. The predicted molar refractivity (Wildman–Crippen MR) is 168 cm³/mol. The van der Waals surface area contributed by atoms with Gasteiger partial charge in [0.25, 0.3) is 0 Å². The Bertz CT molecular complexity index is 1660. The summed E-state index contributed by atoms with van der Waals surface area (Å²) in [5.41, 5.74) is 3.11. The molecule has 1 fully saturated rings. The fourth-order valence-electron chi connectivity index (χ4n) is 6.26. The van der Waals surface area contributed by atoms with Crippen molar-refractivity contribution in [2.45, 2.75) is 33.1 Å². The largest absolute Gasteiger partial charge is 0.478 e. The third-order valence-corrected chi connectivity index (χ3v) is 8.52. The molecular weight excluding hydrogens is 558 g/mol. The molecule has 0 atom stereocenters. The van der Waals surface area contributed by atoms with Crippen LogP contribution in [0.4, 0.5) is 5.69 Å². The van der Waals surface area contributed by atoms with Gasteiger partial charge in [-0.25, -0.2) is 9.59 Å². The van der Waals surface area contributed by atoms with Gasteiger partial charge in [-0.3, -0.25) is 9.59 Å². The Morgan fingerprint density at radius 2 is 1.27 bits per heavy atom. The summed E-state index contributed by atoms with van der Waals surface area (Å²) in [5, 5.41) is 19.8. The van der Waals surface area contributed by atoms with E-state index in [0.29, 0.717) is 32.5 Å². The van der Waals surface area contributed by atoms with Crippen molar-refractivity contribution < 1.29 is 34.1 Å². The Morgan fingerprint density at radius 1 is 0.750 bits per heavy atom. The molecule has 0 radical (unpaired) electrons. The Hall–Kier alpha value is -4.82. The second-order valence-corrected chi connectivity index (χ2v) is 12.3. The number of ether oxygens (including phenoxy) is 1. The van der Waals surface area contributed by atoms with Gasteiger partial charge in [0, 0.05) is 32.2 Å². The highest BCUT2D eigenvalue weighted by Gasteiger charge is 2.54. The molecule has 0 saturated heterocycles. The highest BCUT2D eigenvalue weighted by atomic mass is 16.5. The lowest BCUT2D eigenvalue weighted by molar-refractivity contribution is -0.148. The first-order valence-electron chi connectivity index (χ1n) is 14.4. The molecular formula is C36H35NO7. The summed E-state index contributed by atoms with van der Waals surface area (Å²) in [5.74, 6) is -1.78. The van der Waals surface area contributed by atoms with Gasteiger partial charge in [0.1, 0.15) is 23.7 Å². The number of fused-ring (bicyclic) bond motifs is 3. The van der Waals surface area contributed by atoms with Gasteiger partial charge in [-0.2, -0.15) is 0 Å². The number of ketones is 2. The van der Waals surface area contributed by atoms with E-state index in [1.807, 2.05) is 26.0 Å². The van der Waals surface area contributed by atoms with Gasteiger partial charge < -0.3 is 19.8 Å². The molecule has 4 aromatic rings. The zero-order valence-electron chi connectivity index (χ0n) is 25.0. The first kappa shape index (κ1) is 30.6. The molecule has 8 heteroatoms. The number of methoxy groups -OCH3 is 1. The smallest absolute Gasteiger partial charge is 0.335 e. The van der Waals surface area contributed by atoms with Crippen LogP contribution in [-0.4, -0.2) is 54.1 Å². The first-order valence-corrected chi connectivity index (χ1v) is 14.4. The van der Waals surface area contributed by atoms with Crippen molar-refractivity contribution in [2.24, 2.45) is 10.8 Å². The minimum absolute atomic E-state index is 0.0819. The lowest BCUT2D eigenvalue weighted by Crippen LogP contribution is -2.57. The van der Waals surface area contributed by atoms with Crippen LogP contribution in [0.2, 0.25) is 0 Å². The number of hydrogen-bond donors (Lipinski definition) is 2. The van der Waals surface area contributed by atoms with E-state index in [4.69, 9.17) is 14.9 Å². The number of anilines is 1. The Morgan fingerprint density at radius 3 is 1.77 bits per heavy atom. The van der Waals surface area contributed by atoms with Gasteiger partial charge in [-0.1, -0.05) is 68.4 Å².